The number of likely N-dealkylation sites (tertiary alicyclic amines) is 1. The lowest BCUT2D eigenvalue weighted by atomic mass is 9.85. The number of fused-ring (bicyclic) bond motifs is 2. The second kappa shape index (κ2) is 10.0. The summed E-state index contributed by atoms with van der Waals surface area (Å²) in [6.45, 7) is 0.749. The molecule has 9 nitrogen and oxygen atoms in total. The molecule has 2 N–H and O–H groups in total. The zero-order chi connectivity index (χ0) is 27.1. The lowest BCUT2D eigenvalue weighted by Gasteiger charge is -2.39. The molecule has 0 unspecified atom stereocenters. The van der Waals surface area contributed by atoms with Crippen molar-refractivity contribution >= 4 is 40.0 Å². The Balaban J connectivity index is 1.31. The van der Waals surface area contributed by atoms with Gasteiger partial charge < -0.3 is 24.3 Å². The normalized spacial score (nSPS) is 17.5. The summed E-state index contributed by atoms with van der Waals surface area (Å²) < 4.78 is 21.5. The molecule has 0 spiro atoms. The maximum Gasteiger partial charge on any atom is 0.287 e. The van der Waals surface area contributed by atoms with Gasteiger partial charge in [-0.15, -0.1) is 0 Å². The first kappa shape index (κ1) is 24.9. The molecule has 1 aliphatic rings. The summed E-state index contributed by atoms with van der Waals surface area (Å²) in [5, 5.41) is 3.63. The second-order valence-corrected chi connectivity index (χ2v) is 9.88. The van der Waals surface area contributed by atoms with Crippen molar-refractivity contribution in [1.82, 2.24) is 29.6 Å². The summed E-state index contributed by atoms with van der Waals surface area (Å²) in [7, 11) is 1.46. The SMILES string of the molecule is COc1ccc(F)c2nc(C(=O)N[C@@H]3CN(C(=O)c4cccn5cncc45)CC[C@H]3c3cccc(Cl)c3)[nH]c12. The van der Waals surface area contributed by atoms with Gasteiger partial charge in [-0.3, -0.25) is 9.59 Å². The maximum absolute atomic E-state index is 14.4. The number of rotatable bonds is 5. The molecule has 0 aliphatic carbocycles. The summed E-state index contributed by atoms with van der Waals surface area (Å²) in [5.41, 5.74) is 2.50. The van der Waals surface area contributed by atoms with Crippen LogP contribution in [0.3, 0.4) is 0 Å². The lowest BCUT2D eigenvalue weighted by molar-refractivity contribution is 0.0655. The Hall–Kier alpha value is -4.44. The van der Waals surface area contributed by atoms with E-state index < -0.39 is 17.8 Å². The number of H-pyrrole nitrogens is 1. The van der Waals surface area contributed by atoms with Crippen LogP contribution in [0.5, 0.6) is 5.75 Å². The highest BCUT2D eigenvalue weighted by molar-refractivity contribution is 6.30. The lowest BCUT2D eigenvalue weighted by Crippen LogP contribution is -2.53. The minimum absolute atomic E-state index is 0.0141. The second-order valence-electron chi connectivity index (χ2n) is 9.45. The predicted molar refractivity (Wildman–Crippen MR) is 144 cm³/mol. The van der Waals surface area contributed by atoms with Crippen LogP contribution in [0.1, 0.15) is 38.9 Å². The van der Waals surface area contributed by atoms with Crippen LogP contribution < -0.4 is 10.1 Å². The van der Waals surface area contributed by atoms with E-state index in [0.717, 1.165) is 5.56 Å². The Morgan fingerprint density at radius 3 is 2.90 bits per heavy atom. The van der Waals surface area contributed by atoms with E-state index in [1.54, 1.807) is 40.0 Å². The molecule has 11 heteroatoms. The van der Waals surface area contributed by atoms with Crippen LogP contribution in [0, 0.1) is 5.82 Å². The number of hydrogen-bond acceptors (Lipinski definition) is 5. The Bertz CT molecular complexity index is 1720. The van der Waals surface area contributed by atoms with Crippen molar-refractivity contribution < 1.29 is 18.7 Å². The molecule has 0 bridgehead atoms. The highest BCUT2D eigenvalue weighted by atomic mass is 35.5. The molecule has 39 heavy (non-hydrogen) atoms. The molecule has 2 atom stereocenters. The highest BCUT2D eigenvalue weighted by Crippen LogP contribution is 2.32. The number of amides is 2. The number of halogens is 2. The molecule has 1 saturated heterocycles. The monoisotopic (exact) mass is 546 g/mol. The van der Waals surface area contributed by atoms with E-state index in [0.29, 0.717) is 40.3 Å². The largest absolute Gasteiger partial charge is 0.494 e. The van der Waals surface area contributed by atoms with Crippen molar-refractivity contribution in [1.29, 1.82) is 0 Å². The summed E-state index contributed by atoms with van der Waals surface area (Å²) >= 11 is 6.28. The van der Waals surface area contributed by atoms with E-state index >= 15 is 0 Å². The smallest absolute Gasteiger partial charge is 0.287 e. The van der Waals surface area contributed by atoms with E-state index in [1.807, 2.05) is 24.4 Å². The third kappa shape index (κ3) is 4.57. The number of aromatic amines is 1. The number of methoxy groups -OCH3 is 1. The average molecular weight is 547 g/mol. The first-order chi connectivity index (χ1) is 18.9. The number of aromatic nitrogens is 4. The van der Waals surface area contributed by atoms with Gasteiger partial charge in [-0.2, -0.15) is 0 Å². The molecule has 0 saturated carbocycles. The van der Waals surface area contributed by atoms with E-state index in [1.165, 1.54) is 19.2 Å². The van der Waals surface area contributed by atoms with Crippen LogP contribution in [0.2, 0.25) is 5.02 Å². The molecule has 2 aromatic carbocycles. The number of hydrogen-bond donors (Lipinski definition) is 2. The summed E-state index contributed by atoms with van der Waals surface area (Å²) in [5.74, 6) is -1.03. The molecular formula is C28H24ClFN6O3. The topological polar surface area (TPSA) is 105 Å². The van der Waals surface area contributed by atoms with Crippen LogP contribution in [-0.4, -0.2) is 62.3 Å². The van der Waals surface area contributed by atoms with Crippen molar-refractivity contribution in [3.05, 3.63) is 95.0 Å². The molecule has 2 amide bonds. The molecule has 198 valence electrons. The number of carbonyl (C=O) groups excluding carboxylic acids is 2. The Morgan fingerprint density at radius 2 is 2.08 bits per heavy atom. The fraction of sp³-hybridized carbons (Fsp3) is 0.214. The predicted octanol–water partition coefficient (Wildman–Crippen LogP) is 4.44. The van der Waals surface area contributed by atoms with Crippen LogP contribution >= 0.6 is 11.6 Å². The van der Waals surface area contributed by atoms with Gasteiger partial charge in [-0.1, -0.05) is 23.7 Å². The van der Waals surface area contributed by atoms with Gasteiger partial charge in [0.05, 0.1) is 36.8 Å². The first-order valence-corrected chi connectivity index (χ1v) is 12.8. The van der Waals surface area contributed by atoms with Gasteiger partial charge in [-0.05, 0) is 48.4 Å². The van der Waals surface area contributed by atoms with Gasteiger partial charge in [0.2, 0.25) is 0 Å². The Labute approximate surface area is 227 Å². The molecule has 4 heterocycles. The van der Waals surface area contributed by atoms with Crippen molar-refractivity contribution in [2.24, 2.45) is 0 Å². The van der Waals surface area contributed by atoms with Gasteiger partial charge in [0.15, 0.2) is 11.6 Å². The van der Waals surface area contributed by atoms with E-state index in [9.17, 15) is 14.0 Å². The molecule has 1 aliphatic heterocycles. The molecule has 3 aromatic heterocycles. The zero-order valence-corrected chi connectivity index (χ0v) is 21.7. The van der Waals surface area contributed by atoms with Crippen molar-refractivity contribution in [2.45, 2.75) is 18.4 Å². The van der Waals surface area contributed by atoms with Crippen LogP contribution in [0.15, 0.2) is 67.3 Å². The van der Waals surface area contributed by atoms with Crippen molar-refractivity contribution in [3.63, 3.8) is 0 Å². The summed E-state index contributed by atoms with van der Waals surface area (Å²) in [6.07, 6.45) is 5.73. The number of imidazole rings is 2. The van der Waals surface area contributed by atoms with E-state index in [-0.39, 0.29) is 29.7 Å². The third-order valence-corrected chi connectivity index (χ3v) is 7.40. The standard InChI is InChI=1S/C28H24ClFN6O3/c1-39-23-8-7-20(30)24-25(23)34-26(33-24)27(37)32-21-14-35(11-9-18(21)16-4-2-5-17(29)12-16)28(38)19-6-3-10-36-15-31-13-22(19)36/h2-8,10,12-13,15,18,21H,9,11,14H2,1H3,(H,32,37)(H,33,34)/t18-,21+/m0/s1. The minimum atomic E-state index is -0.568. The maximum atomic E-state index is 14.4. The molecular weight excluding hydrogens is 523 g/mol. The van der Waals surface area contributed by atoms with Gasteiger partial charge in [-0.25, -0.2) is 14.4 Å². The molecule has 6 rings (SSSR count). The Morgan fingerprint density at radius 1 is 1.21 bits per heavy atom. The van der Waals surface area contributed by atoms with Gasteiger partial charge in [0, 0.05) is 30.2 Å². The van der Waals surface area contributed by atoms with Crippen molar-refractivity contribution in [2.75, 3.05) is 20.2 Å². The fourth-order valence-electron chi connectivity index (χ4n) is 5.27. The fourth-order valence-corrected chi connectivity index (χ4v) is 5.47. The number of benzene rings is 2. The van der Waals surface area contributed by atoms with Gasteiger partial charge >= 0.3 is 0 Å². The Kier molecular flexibility index (Phi) is 6.40. The number of carbonyl (C=O) groups is 2. The number of nitrogens with zero attached hydrogens (tertiary/aromatic N) is 4. The molecule has 5 aromatic rings. The first-order valence-electron chi connectivity index (χ1n) is 12.4. The van der Waals surface area contributed by atoms with Crippen LogP contribution in [0.25, 0.3) is 16.6 Å². The quantitative estimate of drug-likeness (QED) is 0.339. The van der Waals surface area contributed by atoms with Gasteiger partial charge in [0.1, 0.15) is 16.8 Å². The summed E-state index contributed by atoms with van der Waals surface area (Å²) in [6, 6.07) is 13.3. The molecule has 0 radical (unpaired) electrons. The number of pyridine rings is 1. The van der Waals surface area contributed by atoms with E-state index in [2.05, 4.69) is 20.3 Å². The third-order valence-electron chi connectivity index (χ3n) is 7.17. The van der Waals surface area contributed by atoms with Crippen molar-refractivity contribution in [3.8, 4) is 5.75 Å². The number of piperidine rings is 1. The molecule has 1 fully saturated rings. The zero-order valence-electron chi connectivity index (χ0n) is 20.9. The summed E-state index contributed by atoms with van der Waals surface area (Å²) in [4.78, 5) is 40.0. The minimum Gasteiger partial charge on any atom is -0.494 e. The van der Waals surface area contributed by atoms with Crippen LogP contribution in [-0.2, 0) is 0 Å². The number of nitrogens with one attached hydrogen (secondary N) is 2. The van der Waals surface area contributed by atoms with Gasteiger partial charge in [0.25, 0.3) is 11.8 Å². The average Bonchev–Trinajstić information content (AvgIpc) is 3.61. The highest BCUT2D eigenvalue weighted by Gasteiger charge is 2.35. The number of ether oxygens (including phenoxy) is 1. The van der Waals surface area contributed by atoms with E-state index in [4.69, 9.17) is 16.3 Å². The van der Waals surface area contributed by atoms with Crippen LogP contribution in [0.4, 0.5) is 4.39 Å².